The van der Waals surface area contributed by atoms with Gasteiger partial charge in [-0.2, -0.15) is 15.0 Å². The molecule has 0 amide bonds. The number of benzene rings is 3. The Hall–Kier alpha value is -5.13. The molecule has 216 valence electrons. The largest absolute Gasteiger partial charge is 0.497 e. The number of ether oxygens (including phenoxy) is 6. The molecular formula is C30H30N6O6. The first kappa shape index (κ1) is 25.8. The van der Waals surface area contributed by atoms with Crippen molar-refractivity contribution in [1.82, 2.24) is 15.0 Å². The number of hydrogen-bond donors (Lipinski definition) is 0. The second-order valence-corrected chi connectivity index (χ2v) is 10.1. The maximum atomic E-state index is 6.07. The number of rotatable bonds is 6. The highest BCUT2D eigenvalue weighted by Crippen LogP contribution is 2.35. The third-order valence-corrected chi connectivity index (χ3v) is 7.46. The van der Waals surface area contributed by atoms with Crippen molar-refractivity contribution < 1.29 is 28.4 Å². The van der Waals surface area contributed by atoms with Crippen molar-refractivity contribution in [3.8, 4) is 34.5 Å². The van der Waals surface area contributed by atoms with E-state index >= 15 is 0 Å². The summed E-state index contributed by atoms with van der Waals surface area (Å²) < 4.78 is 34.5. The summed E-state index contributed by atoms with van der Waals surface area (Å²) in [5.74, 6) is 6.16. The molecule has 4 aromatic rings. The summed E-state index contributed by atoms with van der Waals surface area (Å²) >= 11 is 0. The lowest BCUT2D eigenvalue weighted by Crippen LogP contribution is -2.38. The summed E-state index contributed by atoms with van der Waals surface area (Å²) in [6.07, 6.45) is 0. The van der Waals surface area contributed by atoms with E-state index in [0.717, 1.165) is 51.2 Å². The minimum absolute atomic E-state index is 0.287. The zero-order valence-corrected chi connectivity index (χ0v) is 23.6. The van der Waals surface area contributed by atoms with Crippen molar-refractivity contribution in [2.75, 3.05) is 56.2 Å². The van der Waals surface area contributed by atoms with Gasteiger partial charge in [-0.15, -0.1) is 0 Å². The topological polar surface area (TPSA) is 104 Å². The standard InChI is InChI=1S/C30H30N6O6/c1-37-22-4-7-25-19(10-22)13-34(16-40-25)28-31-29(35-14-20-11-23(38-2)5-8-26(20)41-17-35)33-30(32-28)36-15-21-12-24(39-3)6-9-27(21)42-18-36/h4-12H,13-18H2,1-3H3. The Balaban J connectivity index is 1.24. The maximum Gasteiger partial charge on any atom is 0.234 e. The molecular weight excluding hydrogens is 540 g/mol. The molecule has 3 aliphatic rings. The molecule has 0 unspecified atom stereocenters. The number of methoxy groups -OCH3 is 3. The van der Waals surface area contributed by atoms with E-state index in [4.69, 9.17) is 43.4 Å². The minimum atomic E-state index is 0.287. The van der Waals surface area contributed by atoms with Crippen molar-refractivity contribution in [3.63, 3.8) is 0 Å². The van der Waals surface area contributed by atoms with Crippen molar-refractivity contribution in [2.45, 2.75) is 19.6 Å². The Morgan fingerprint density at radius 3 is 1.10 bits per heavy atom. The van der Waals surface area contributed by atoms with E-state index in [9.17, 15) is 0 Å². The lowest BCUT2D eigenvalue weighted by atomic mass is 10.1. The average molecular weight is 571 g/mol. The third-order valence-electron chi connectivity index (χ3n) is 7.46. The molecule has 0 atom stereocenters. The SMILES string of the molecule is COc1ccc2c(c1)CN(c1nc(N3COc4ccc(OC)cc4C3)nc(N3COc4ccc(OC)cc4C3)n1)CO2. The van der Waals surface area contributed by atoms with E-state index in [-0.39, 0.29) is 20.2 Å². The van der Waals surface area contributed by atoms with Crippen LogP contribution in [0.4, 0.5) is 17.8 Å². The first-order valence-electron chi connectivity index (χ1n) is 13.5. The lowest BCUT2D eigenvalue weighted by molar-refractivity contribution is 0.279. The number of fused-ring (bicyclic) bond motifs is 3. The van der Waals surface area contributed by atoms with Gasteiger partial charge in [0.2, 0.25) is 17.8 Å². The zero-order valence-electron chi connectivity index (χ0n) is 23.6. The average Bonchev–Trinajstić information content (AvgIpc) is 3.06. The highest BCUT2D eigenvalue weighted by atomic mass is 16.5. The van der Waals surface area contributed by atoms with Gasteiger partial charge in [0.05, 0.1) is 41.0 Å². The Labute approximate surface area is 242 Å². The molecule has 0 N–H and O–H groups in total. The Bertz CT molecular complexity index is 1430. The maximum absolute atomic E-state index is 6.07. The molecule has 12 heteroatoms. The lowest BCUT2D eigenvalue weighted by Gasteiger charge is -2.34. The van der Waals surface area contributed by atoms with E-state index in [2.05, 4.69) is 0 Å². The number of nitrogens with zero attached hydrogens (tertiary/aromatic N) is 6. The number of hydrogen-bond acceptors (Lipinski definition) is 12. The highest BCUT2D eigenvalue weighted by molar-refractivity contribution is 5.53. The normalized spacial score (nSPS) is 15.4. The predicted octanol–water partition coefficient (Wildman–Crippen LogP) is 3.97. The summed E-state index contributed by atoms with van der Waals surface area (Å²) in [4.78, 5) is 20.6. The van der Waals surface area contributed by atoms with Crippen LogP contribution in [0.25, 0.3) is 0 Å². The van der Waals surface area contributed by atoms with Crippen LogP contribution >= 0.6 is 0 Å². The van der Waals surface area contributed by atoms with Crippen molar-refractivity contribution in [3.05, 3.63) is 71.3 Å². The Morgan fingerprint density at radius 1 is 0.500 bits per heavy atom. The van der Waals surface area contributed by atoms with Gasteiger partial charge < -0.3 is 43.1 Å². The fourth-order valence-corrected chi connectivity index (χ4v) is 5.19. The summed E-state index contributed by atoms with van der Waals surface area (Å²) in [7, 11) is 4.95. The molecule has 3 aromatic carbocycles. The quantitative estimate of drug-likeness (QED) is 0.335. The van der Waals surface area contributed by atoms with Gasteiger partial charge in [0.1, 0.15) is 34.5 Å². The van der Waals surface area contributed by atoms with Crippen LogP contribution in [-0.2, 0) is 19.6 Å². The molecule has 4 heterocycles. The van der Waals surface area contributed by atoms with E-state index in [0.29, 0.717) is 37.5 Å². The second kappa shape index (κ2) is 10.7. The van der Waals surface area contributed by atoms with Gasteiger partial charge in [0.15, 0.2) is 20.2 Å². The van der Waals surface area contributed by atoms with E-state index in [1.54, 1.807) is 21.3 Å². The van der Waals surface area contributed by atoms with Gasteiger partial charge in [0.25, 0.3) is 0 Å². The van der Waals surface area contributed by atoms with Crippen LogP contribution in [0.2, 0.25) is 0 Å². The summed E-state index contributed by atoms with van der Waals surface area (Å²) in [6.45, 7) is 2.49. The number of anilines is 3. The van der Waals surface area contributed by atoms with Gasteiger partial charge >= 0.3 is 0 Å². The number of aromatic nitrogens is 3. The van der Waals surface area contributed by atoms with Gasteiger partial charge in [-0.25, -0.2) is 0 Å². The highest BCUT2D eigenvalue weighted by Gasteiger charge is 2.28. The molecule has 0 fully saturated rings. The van der Waals surface area contributed by atoms with Gasteiger partial charge in [0, 0.05) is 16.7 Å². The molecule has 12 nitrogen and oxygen atoms in total. The van der Waals surface area contributed by atoms with Crippen LogP contribution in [0, 0.1) is 0 Å². The molecule has 0 bridgehead atoms. The molecule has 0 saturated heterocycles. The first-order valence-corrected chi connectivity index (χ1v) is 13.5. The van der Waals surface area contributed by atoms with Gasteiger partial charge in [-0.3, -0.25) is 0 Å². The Morgan fingerprint density at radius 2 is 0.810 bits per heavy atom. The molecule has 1 aromatic heterocycles. The fraction of sp³-hybridized carbons (Fsp3) is 0.300. The predicted molar refractivity (Wildman–Crippen MR) is 154 cm³/mol. The fourth-order valence-electron chi connectivity index (χ4n) is 5.19. The van der Waals surface area contributed by atoms with Crippen LogP contribution in [-0.4, -0.2) is 56.5 Å². The monoisotopic (exact) mass is 570 g/mol. The van der Waals surface area contributed by atoms with Crippen molar-refractivity contribution in [2.24, 2.45) is 0 Å². The summed E-state index contributed by atoms with van der Waals surface area (Å²) in [6, 6.07) is 17.3. The molecule has 0 radical (unpaired) electrons. The molecule has 0 aliphatic carbocycles. The molecule has 42 heavy (non-hydrogen) atoms. The van der Waals surface area contributed by atoms with E-state index < -0.39 is 0 Å². The minimum Gasteiger partial charge on any atom is -0.497 e. The van der Waals surface area contributed by atoms with E-state index in [1.165, 1.54) is 0 Å². The van der Waals surface area contributed by atoms with Crippen LogP contribution in [0.15, 0.2) is 54.6 Å². The van der Waals surface area contributed by atoms with Gasteiger partial charge in [-0.1, -0.05) is 0 Å². The summed E-state index contributed by atoms with van der Waals surface area (Å²) in [5, 5.41) is 0. The van der Waals surface area contributed by atoms with Crippen LogP contribution in [0.5, 0.6) is 34.5 Å². The smallest absolute Gasteiger partial charge is 0.234 e. The van der Waals surface area contributed by atoms with Gasteiger partial charge in [-0.05, 0) is 54.6 Å². The van der Waals surface area contributed by atoms with Crippen LogP contribution in [0.1, 0.15) is 16.7 Å². The third kappa shape index (κ3) is 4.84. The zero-order chi connectivity index (χ0) is 28.6. The summed E-state index contributed by atoms with van der Waals surface area (Å²) in [5.41, 5.74) is 2.94. The second-order valence-electron chi connectivity index (χ2n) is 10.1. The molecule has 3 aliphatic heterocycles. The van der Waals surface area contributed by atoms with Crippen molar-refractivity contribution >= 4 is 17.8 Å². The molecule has 0 saturated carbocycles. The van der Waals surface area contributed by atoms with Crippen LogP contribution in [0.3, 0.4) is 0 Å². The Kier molecular flexibility index (Phi) is 6.57. The molecule has 0 spiro atoms. The van der Waals surface area contributed by atoms with Crippen molar-refractivity contribution in [1.29, 1.82) is 0 Å². The van der Waals surface area contributed by atoms with E-state index in [1.807, 2.05) is 69.3 Å². The van der Waals surface area contributed by atoms with Crippen LogP contribution < -0.4 is 43.1 Å². The molecule has 7 rings (SSSR count). The first-order chi connectivity index (χ1) is 20.6.